The zero-order chi connectivity index (χ0) is 24.4. The number of nitrogens with two attached hydrogens (primary N) is 1. The van der Waals surface area contributed by atoms with Gasteiger partial charge in [0.05, 0.1) is 12.6 Å². The molecule has 0 aliphatic heterocycles. The second kappa shape index (κ2) is 12.6. The van der Waals surface area contributed by atoms with Crippen LogP contribution in [0, 0.1) is 5.92 Å². The van der Waals surface area contributed by atoms with E-state index in [1.807, 2.05) is 0 Å². The van der Waals surface area contributed by atoms with Gasteiger partial charge in [0, 0.05) is 6.42 Å². The number of hydrogen-bond donors (Lipinski definition) is 7. The molecule has 178 valence electrons. The van der Waals surface area contributed by atoms with Crippen LogP contribution in [0.1, 0.15) is 32.8 Å². The Balaban J connectivity index is 2.85. The molecule has 0 saturated carbocycles. The molecule has 8 N–H and O–H groups in total. The lowest BCUT2D eigenvalue weighted by molar-refractivity contribution is -0.143. The summed E-state index contributed by atoms with van der Waals surface area (Å²) in [5.41, 5.74) is 6.23. The van der Waals surface area contributed by atoms with Gasteiger partial charge in [-0.25, -0.2) is 4.79 Å². The molecule has 0 aliphatic carbocycles. The fourth-order valence-corrected chi connectivity index (χ4v) is 2.76. The fraction of sp³-hybridized carbons (Fsp3) is 0.524. The minimum Gasteiger partial charge on any atom is -0.508 e. The van der Waals surface area contributed by atoms with Gasteiger partial charge in [-0.15, -0.1) is 0 Å². The third-order valence-electron chi connectivity index (χ3n) is 5.05. The fourth-order valence-electron chi connectivity index (χ4n) is 2.76. The molecule has 0 aliphatic rings. The van der Waals surface area contributed by atoms with Crippen LogP contribution in [-0.4, -0.2) is 69.8 Å². The van der Waals surface area contributed by atoms with E-state index in [2.05, 4.69) is 16.0 Å². The van der Waals surface area contributed by atoms with Crippen LogP contribution in [0.2, 0.25) is 0 Å². The second-order valence-electron chi connectivity index (χ2n) is 7.68. The van der Waals surface area contributed by atoms with E-state index in [1.165, 1.54) is 19.1 Å². The number of carboxylic acids is 1. The van der Waals surface area contributed by atoms with Gasteiger partial charge in [-0.3, -0.25) is 14.4 Å². The average Bonchev–Trinajstić information content (AvgIpc) is 2.75. The molecule has 0 aromatic heterocycles. The van der Waals surface area contributed by atoms with Crippen LogP contribution in [-0.2, 0) is 25.6 Å². The summed E-state index contributed by atoms with van der Waals surface area (Å²) in [5.74, 6) is -3.61. The number of amides is 3. The molecule has 1 rings (SSSR count). The topological polar surface area (TPSA) is 191 Å². The Hall–Kier alpha value is -3.18. The molecule has 0 bridgehead atoms. The summed E-state index contributed by atoms with van der Waals surface area (Å²) in [6, 6.07) is 2.47. The standard InChI is InChI=1S/C21H32N4O7/c1-4-11(2)18(21(31)32)25-16(28)10-23-19(29)15(24-20(30)17(22)12(3)26)9-13-5-7-14(27)8-6-13/h5-8,11-12,15,17-18,26-27H,4,9-10,22H2,1-3H3,(H,23,29)(H,24,30)(H,25,28)(H,31,32). The number of phenolic OH excluding ortho intramolecular Hbond substituents is 1. The van der Waals surface area contributed by atoms with E-state index in [0.29, 0.717) is 12.0 Å². The summed E-state index contributed by atoms with van der Waals surface area (Å²) in [6.07, 6.45) is -0.587. The Morgan fingerprint density at radius 1 is 1.03 bits per heavy atom. The highest BCUT2D eigenvalue weighted by atomic mass is 16.4. The number of phenols is 1. The van der Waals surface area contributed by atoms with Crippen LogP contribution in [0.3, 0.4) is 0 Å². The molecule has 0 heterocycles. The number of aliphatic hydroxyl groups excluding tert-OH is 1. The number of carboxylic acid groups (broad SMARTS) is 1. The number of aliphatic carboxylic acids is 1. The summed E-state index contributed by atoms with van der Waals surface area (Å²) >= 11 is 0. The third kappa shape index (κ3) is 8.52. The smallest absolute Gasteiger partial charge is 0.326 e. The molecular weight excluding hydrogens is 420 g/mol. The summed E-state index contributed by atoms with van der Waals surface area (Å²) in [6.45, 7) is 4.32. The Kier molecular flexibility index (Phi) is 10.6. The average molecular weight is 453 g/mol. The molecule has 1 aromatic carbocycles. The zero-order valence-electron chi connectivity index (χ0n) is 18.4. The highest BCUT2D eigenvalue weighted by Gasteiger charge is 2.28. The molecule has 0 saturated heterocycles. The number of nitrogens with one attached hydrogen (secondary N) is 3. The Morgan fingerprint density at radius 3 is 2.12 bits per heavy atom. The SMILES string of the molecule is CCC(C)C(NC(=O)CNC(=O)C(Cc1ccc(O)cc1)NC(=O)C(N)C(C)O)C(=O)O. The Bertz CT molecular complexity index is 798. The summed E-state index contributed by atoms with van der Waals surface area (Å²) in [4.78, 5) is 48.4. The molecule has 0 radical (unpaired) electrons. The minimum absolute atomic E-state index is 0.0244. The van der Waals surface area contributed by atoms with E-state index in [1.54, 1.807) is 26.0 Å². The van der Waals surface area contributed by atoms with Crippen molar-refractivity contribution in [3.63, 3.8) is 0 Å². The molecule has 32 heavy (non-hydrogen) atoms. The molecule has 11 heteroatoms. The number of hydrogen-bond acceptors (Lipinski definition) is 7. The molecule has 5 atom stereocenters. The first-order chi connectivity index (χ1) is 15.0. The van der Waals surface area contributed by atoms with E-state index >= 15 is 0 Å². The maximum atomic E-state index is 12.7. The van der Waals surface area contributed by atoms with Crippen molar-refractivity contribution in [1.82, 2.24) is 16.0 Å². The van der Waals surface area contributed by atoms with Crippen molar-refractivity contribution >= 4 is 23.7 Å². The minimum atomic E-state index is -1.26. The quantitative estimate of drug-likeness (QED) is 0.207. The molecule has 5 unspecified atom stereocenters. The van der Waals surface area contributed by atoms with Crippen LogP contribution in [0.5, 0.6) is 5.75 Å². The van der Waals surface area contributed by atoms with Crippen LogP contribution in [0.15, 0.2) is 24.3 Å². The number of rotatable bonds is 12. The second-order valence-corrected chi connectivity index (χ2v) is 7.68. The number of carbonyl (C=O) groups is 4. The van der Waals surface area contributed by atoms with E-state index in [4.69, 9.17) is 5.73 Å². The molecule has 3 amide bonds. The number of benzene rings is 1. The van der Waals surface area contributed by atoms with Crippen molar-refractivity contribution in [3.8, 4) is 5.75 Å². The summed E-state index contributed by atoms with van der Waals surface area (Å²) in [7, 11) is 0. The number of carbonyl (C=O) groups excluding carboxylic acids is 3. The number of aliphatic hydroxyl groups is 1. The van der Waals surface area contributed by atoms with Gasteiger partial charge in [-0.1, -0.05) is 32.4 Å². The van der Waals surface area contributed by atoms with E-state index < -0.39 is 54.5 Å². The van der Waals surface area contributed by atoms with Gasteiger partial charge in [-0.2, -0.15) is 0 Å². The lowest BCUT2D eigenvalue weighted by Crippen LogP contribution is -2.56. The normalized spacial score (nSPS) is 15.5. The van der Waals surface area contributed by atoms with Crippen LogP contribution in [0.25, 0.3) is 0 Å². The van der Waals surface area contributed by atoms with Crippen molar-refractivity contribution in [1.29, 1.82) is 0 Å². The lowest BCUT2D eigenvalue weighted by atomic mass is 9.99. The predicted molar refractivity (Wildman–Crippen MR) is 115 cm³/mol. The van der Waals surface area contributed by atoms with Crippen molar-refractivity contribution in [2.24, 2.45) is 11.7 Å². The van der Waals surface area contributed by atoms with Gasteiger partial charge in [-0.05, 0) is 30.5 Å². The van der Waals surface area contributed by atoms with Crippen LogP contribution in [0.4, 0.5) is 0 Å². The van der Waals surface area contributed by atoms with E-state index in [0.717, 1.165) is 0 Å². The molecule has 0 fully saturated rings. The summed E-state index contributed by atoms with van der Waals surface area (Å²) in [5, 5.41) is 35.4. The first kappa shape index (κ1) is 26.9. The monoisotopic (exact) mass is 452 g/mol. The maximum Gasteiger partial charge on any atom is 0.326 e. The van der Waals surface area contributed by atoms with Crippen molar-refractivity contribution in [2.45, 2.75) is 57.8 Å². The Labute approximate surface area is 186 Å². The van der Waals surface area contributed by atoms with Gasteiger partial charge in [0.15, 0.2) is 0 Å². The van der Waals surface area contributed by atoms with Crippen molar-refractivity contribution < 1.29 is 34.5 Å². The first-order valence-corrected chi connectivity index (χ1v) is 10.3. The molecule has 1 aromatic rings. The van der Waals surface area contributed by atoms with Gasteiger partial charge >= 0.3 is 5.97 Å². The molecule has 0 spiro atoms. The van der Waals surface area contributed by atoms with Gasteiger partial charge in [0.2, 0.25) is 17.7 Å². The van der Waals surface area contributed by atoms with Gasteiger partial charge in [0.1, 0.15) is 23.9 Å². The highest BCUT2D eigenvalue weighted by molar-refractivity contribution is 5.92. The molecular formula is C21H32N4O7. The van der Waals surface area contributed by atoms with Crippen molar-refractivity contribution in [2.75, 3.05) is 6.54 Å². The first-order valence-electron chi connectivity index (χ1n) is 10.3. The Morgan fingerprint density at radius 2 is 1.62 bits per heavy atom. The predicted octanol–water partition coefficient (Wildman–Crippen LogP) is -1.14. The maximum absolute atomic E-state index is 12.7. The third-order valence-corrected chi connectivity index (χ3v) is 5.05. The summed E-state index contributed by atoms with van der Waals surface area (Å²) < 4.78 is 0. The lowest BCUT2D eigenvalue weighted by Gasteiger charge is -2.23. The van der Waals surface area contributed by atoms with E-state index in [9.17, 15) is 34.5 Å². The van der Waals surface area contributed by atoms with Crippen LogP contribution < -0.4 is 21.7 Å². The van der Waals surface area contributed by atoms with Gasteiger partial charge < -0.3 is 37.0 Å². The zero-order valence-corrected chi connectivity index (χ0v) is 18.4. The van der Waals surface area contributed by atoms with Gasteiger partial charge in [0.25, 0.3) is 0 Å². The van der Waals surface area contributed by atoms with E-state index in [-0.39, 0.29) is 18.1 Å². The molecule has 11 nitrogen and oxygen atoms in total. The highest BCUT2D eigenvalue weighted by Crippen LogP contribution is 2.12. The largest absolute Gasteiger partial charge is 0.508 e. The van der Waals surface area contributed by atoms with Crippen LogP contribution >= 0.6 is 0 Å². The van der Waals surface area contributed by atoms with Crippen molar-refractivity contribution in [3.05, 3.63) is 29.8 Å². The number of aromatic hydroxyl groups is 1.